The molecule has 0 atom stereocenters. The van der Waals surface area contributed by atoms with E-state index in [9.17, 15) is 4.79 Å². The molecule has 2 heterocycles. The lowest BCUT2D eigenvalue weighted by molar-refractivity contribution is 0.108. The highest BCUT2D eigenvalue weighted by molar-refractivity contribution is 5.68. The molecule has 13 heavy (non-hydrogen) atoms. The third kappa shape index (κ3) is 1.41. The fourth-order valence-electron chi connectivity index (χ4n) is 0.815. The van der Waals surface area contributed by atoms with E-state index in [2.05, 4.69) is 24.6 Å². The Hall–Kier alpha value is -2.11. The highest BCUT2D eigenvalue weighted by atomic mass is 16.5. The minimum atomic E-state index is -0.0566. The van der Waals surface area contributed by atoms with Gasteiger partial charge in [0.25, 0.3) is 5.89 Å². The molecular formula is C7H4N4O2. The summed E-state index contributed by atoms with van der Waals surface area (Å²) in [6.45, 7) is 0. The summed E-state index contributed by atoms with van der Waals surface area (Å²) in [5, 5.41) is 3.56. The number of nitrogens with zero attached hydrogens (tertiary/aromatic N) is 4. The first kappa shape index (κ1) is 7.53. The molecule has 2 rings (SSSR count). The number of carbonyl (C=O) groups excluding carboxylic acids is 1. The van der Waals surface area contributed by atoms with Crippen LogP contribution in [0, 0.1) is 0 Å². The van der Waals surface area contributed by atoms with Gasteiger partial charge in [-0.05, 0) is 0 Å². The molecule has 0 saturated heterocycles. The van der Waals surface area contributed by atoms with Crippen molar-refractivity contribution < 1.29 is 9.32 Å². The van der Waals surface area contributed by atoms with Gasteiger partial charge in [0, 0.05) is 12.4 Å². The number of aldehydes is 1. The van der Waals surface area contributed by atoms with Gasteiger partial charge in [0.2, 0.25) is 12.1 Å². The predicted octanol–water partition coefficient (Wildman–Crippen LogP) is 0.339. The molecule has 0 aliphatic carbocycles. The molecule has 0 N–H and O–H groups in total. The predicted molar refractivity (Wildman–Crippen MR) is 40.7 cm³/mol. The Bertz CT molecular complexity index is 411. The average molecular weight is 176 g/mol. The summed E-state index contributed by atoms with van der Waals surface area (Å²) < 4.78 is 4.58. The molecule has 0 fully saturated rings. The van der Waals surface area contributed by atoms with Crippen molar-refractivity contribution in [1.82, 2.24) is 20.1 Å². The maximum Gasteiger partial charge on any atom is 0.291 e. The second kappa shape index (κ2) is 3.10. The van der Waals surface area contributed by atoms with Gasteiger partial charge < -0.3 is 4.52 Å². The molecule has 0 radical (unpaired) electrons. The summed E-state index contributed by atoms with van der Waals surface area (Å²) in [6, 6.07) is 0. The van der Waals surface area contributed by atoms with E-state index in [4.69, 9.17) is 0 Å². The fraction of sp³-hybridized carbons (Fsp3) is 0. The van der Waals surface area contributed by atoms with E-state index >= 15 is 0 Å². The minimum absolute atomic E-state index is 0.0566. The first-order valence-electron chi connectivity index (χ1n) is 3.44. The Balaban J connectivity index is 2.41. The largest absolute Gasteiger partial charge is 0.331 e. The molecular weight excluding hydrogens is 172 g/mol. The van der Waals surface area contributed by atoms with E-state index in [0.29, 0.717) is 17.7 Å². The van der Waals surface area contributed by atoms with Gasteiger partial charge in [-0.1, -0.05) is 5.16 Å². The second-order valence-corrected chi connectivity index (χ2v) is 2.20. The van der Waals surface area contributed by atoms with E-state index < -0.39 is 0 Å². The van der Waals surface area contributed by atoms with E-state index in [-0.39, 0.29) is 5.89 Å². The van der Waals surface area contributed by atoms with Gasteiger partial charge in [-0.2, -0.15) is 4.98 Å². The van der Waals surface area contributed by atoms with E-state index in [1.54, 1.807) is 0 Å². The van der Waals surface area contributed by atoms with Crippen molar-refractivity contribution in [2.75, 3.05) is 0 Å². The third-order valence-electron chi connectivity index (χ3n) is 1.36. The van der Waals surface area contributed by atoms with Gasteiger partial charge in [-0.15, -0.1) is 0 Å². The Morgan fingerprint density at radius 1 is 1.31 bits per heavy atom. The van der Waals surface area contributed by atoms with Crippen molar-refractivity contribution in [1.29, 1.82) is 0 Å². The molecule has 0 aliphatic rings. The zero-order chi connectivity index (χ0) is 9.10. The summed E-state index contributed by atoms with van der Waals surface area (Å²) in [6.07, 6.45) is 4.95. The van der Waals surface area contributed by atoms with Crippen molar-refractivity contribution >= 4 is 6.29 Å². The van der Waals surface area contributed by atoms with Crippen LogP contribution in [0.4, 0.5) is 0 Å². The number of aromatic nitrogens is 4. The maximum atomic E-state index is 10.2. The van der Waals surface area contributed by atoms with Crippen LogP contribution in [0.15, 0.2) is 23.2 Å². The third-order valence-corrected chi connectivity index (χ3v) is 1.36. The first-order valence-corrected chi connectivity index (χ1v) is 3.44. The van der Waals surface area contributed by atoms with Gasteiger partial charge in [0.05, 0.1) is 5.56 Å². The van der Waals surface area contributed by atoms with Gasteiger partial charge in [-0.3, -0.25) is 4.79 Å². The number of rotatable bonds is 2. The topological polar surface area (TPSA) is 81.8 Å². The molecule has 0 bridgehead atoms. The maximum absolute atomic E-state index is 10.2. The fourth-order valence-corrected chi connectivity index (χ4v) is 0.815. The van der Waals surface area contributed by atoms with Crippen LogP contribution in [0.5, 0.6) is 0 Å². The molecule has 0 unspecified atom stereocenters. The highest BCUT2D eigenvalue weighted by Crippen LogP contribution is 2.11. The van der Waals surface area contributed by atoms with Crippen LogP contribution in [0.25, 0.3) is 11.4 Å². The number of hydrogen-bond acceptors (Lipinski definition) is 6. The van der Waals surface area contributed by atoms with Crippen LogP contribution >= 0.6 is 0 Å². The number of hydrogen-bond donors (Lipinski definition) is 0. The highest BCUT2D eigenvalue weighted by Gasteiger charge is 2.06. The molecule has 6 heteroatoms. The smallest absolute Gasteiger partial charge is 0.291 e. The summed E-state index contributed by atoms with van der Waals surface area (Å²) >= 11 is 0. The van der Waals surface area contributed by atoms with E-state index in [0.717, 1.165) is 0 Å². The standard InChI is InChI=1S/C7H4N4O2/c12-3-6-10-7(11-13-6)5-1-8-4-9-2-5/h1-4H. The van der Waals surface area contributed by atoms with Gasteiger partial charge >= 0.3 is 0 Å². The lowest BCUT2D eigenvalue weighted by Crippen LogP contribution is -1.84. The zero-order valence-corrected chi connectivity index (χ0v) is 6.41. The van der Waals surface area contributed by atoms with Crippen LogP contribution in [0.3, 0.4) is 0 Å². The monoisotopic (exact) mass is 176 g/mol. The molecule has 6 nitrogen and oxygen atoms in total. The first-order chi connectivity index (χ1) is 6.40. The van der Waals surface area contributed by atoms with Crippen LogP contribution < -0.4 is 0 Å². The van der Waals surface area contributed by atoms with Crippen molar-refractivity contribution in [3.8, 4) is 11.4 Å². The molecule has 0 saturated carbocycles. The summed E-state index contributed by atoms with van der Waals surface area (Å²) in [5.74, 6) is 0.251. The van der Waals surface area contributed by atoms with Crippen molar-refractivity contribution in [3.05, 3.63) is 24.6 Å². The molecule has 0 aromatic carbocycles. The normalized spacial score (nSPS) is 9.85. The minimum Gasteiger partial charge on any atom is -0.331 e. The van der Waals surface area contributed by atoms with Gasteiger partial charge in [0.1, 0.15) is 6.33 Å². The average Bonchev–Trinajstić information content (AvgIpc) is 2.67. The Kier molecular flexibility index (Phi) is 1.79. The Morgan fingerprint density at radius 3 is 2.69 bits per heavy atom. The van der Waals surface area contributed by atoms with E-state index in [1.165, 1.54) is 18.7 Å². The lowest BCUT2D eigenvalue weighted by atomic mass is 10.3. The van der Waals surface area contributed by atoms with Gasteiger partial charge in [-0.25, -0.2) is 9.97 Å². The van der Waals surface area contributed by atoms with Crippen LogP contribution in [-0.4, -0.2) is 26.4 Å². The van der Waals surface area contributed by atoms with Crippen LogP contribution in [0.1, 0.15) is 10.7 Å². The Labute approximate surface area is 72.6 Å². The van der Waals surface area contributed by atoms with Crippen molar-refractivity contribution in [3.63, 3.8) is 0 Å². The summed E-state index contributed by atoms with van der Waals surface area (Å²) in [7, 11) is 0. The van der Waals surface area contributed by atoms with Gasteiger partial charge in [0.15, 0.2) is 0 Å². The molecule has 0 spiro atoms. The van der Waals surface area contributed by atoms with Crippen LogP contribution in [-0.2, 0) is 0 Å². The van der Waals surface area contributed by atoms with E-state index in [1.807, 2.05) is 0 Å². The molecule has 0 amide bonds. The number of carbonyl (C=O) groups is 1. The van der Waals surface area contributed by atoms with Crippen molar-refractivity contribution in [2.45, 2.75) is 0 Å². The molecule has 2 aromatic heterocycles. The molecule has 64 valence electrons. The van der Waals surface area contributed by atoms with Crippen LogP contribution in [0.2, 0.25) is 0 Å². The summed E-state index contributed by atoms with van der Waals surface area (Å²) in [4.78, 5) is 21.5. The Morgan fingerprint density at radius 2 is 2.08 bits per heavy atom. The zero-order valence-electron chi connectivity index (χ0n) is 6.41. The molecule has 2 aromatic rings. The lowest BCUT2D eigenvalue weighted by Gasteiger charge is -1.88. The quantitative estimate of drug-likeness (QED) is 0.613. The molecule has 0 aliphatic heterocycles. The summed E-state index contributed by atoms with van der Waals surface area (Å²) in [5.41, 5.74) is 0.611. The second-order valence-electron chi connectivity index (χ2n) is 2.20. The SMILES string of the molecule is O=Cc1nc(-c2cncnc2)no1. The van der Waals surface area contributed by atoms with Crippen molar-refractivity contribution in [2.24, 2.45) is 0 Å².